The molecule has 0 spiro atoms. The van der Waals surface area contributed by atoms with Crippen LogP contribution in [0.25, 0.3) is 5.00 Å². The minimum atomic E-state index is -0.170. The molecule has 3 rings (SSSR count). The van der Waals surface area contributed by atoms with E-state index in [9.17, 15) is 9.59 Å². The third kappa shape index (κ3) is 3.41. The molecule has 5 nitrogen and oxygen atoms in total. The molecule has 2 aromatic heterocycles. The van der Waals surface area contributed by atoms with Gasteiger partial charge in [-0.3, -0.25) is 9.59 Å². The van der Waals surface area contributed by atoms with E-state index >= 15 is 0 Å². The summed E-state index contributed by atoms with van der Waals surface area (Å²) in [6, 6.07) is 11.4. The highest BCUT2D eigenvalue weighted by Gasteiger charge is 2.18. The molecule has 2 heterocycles. The van der Waals surface area contributed by atoms with E-state index in [0.717, 1.165) is 22.0 Å². The number of aromatic nitrogens is 1. The first-order chi connectivity index (χ1) is 12.4. The van der Waals surface area contributed by atoms with E-state index in [-0.39, 0.29) is 11.8 Å². The topological polar surface area (TPSA) is 63.1 Å². The smallest absolute Gasteiger partial charge is 0.258 e. The summed E-state index contributed by atoms with van der Waals surface area (Å²) in [7, 11) is 0. The van der Waals surface area contributed by atoms with Gasteiger partial charge in [0.25, 0.3) is 5.91 Å². The molecule has 0 aliphatic rings. The maximum atomic E-state index is 12.9. The largest absolute Gasteiger partial charge is 0.326 e. The van der Waals surface area contributed by atoms with Gasteiger partial charge in [-0.05, 0) is 62.0 Å². The Balaban J connectivity index is 1.91. The standard InChI is InChI=1S/C20H21N3O2S/c1-12-8-9-13(2)23(12)20-16(10-11-26-20)19(25)22-18-7-5-6-17(14(18)3)21-15(4)24/h5-11H,1-4H3,(H,21,24)(H,22,25). The summed E-state index contributed by atoms with van der Waals surface area (Å²) in [4.78, 5) is 24.2. The number of aryl methyl sites for hydroxylation is 2. The summed E-state index contributed by atoms with van der Waals surface area (Å²) in [6.07, 6.45) is 0. The van der Waals surface area contributed by atoms with Crippen LogP contribution >= 0.6 is 11.3 Å². The minimum Gasteiger partial charge on any atom is -0.326 e. The van der Waals surface area contributed by atoms with Crippen molar-refractivity contribution in [1.82, 2.24) is 4.57 Å². The molecule has 26 heavy (non-hydrogen) atoms. The van der Waals surface area contributed by atoms with Gasteiger partial charge >= 0.3 is 0 Å². The number of amides is 2. The molecule has 3 aromatic rings. The number of rotatable bonds is 4. The van der Waals surface area contributed by atoms with Crippen LogP contribution in [-0.4, -0.2) is 16.4 Å². The van der Waals surface area contributed by atoms with Crippen LogP contribution in [-0.2, 0) is 4.79 Å². The Bertz CT molecular complexity index is 965. The molecule has 2 amide bonds. The molecule has 0 saturated heterocycles. The Labute approximate surface area is 156 Å². The molecule has 0 radical (unpaired) electrons. The molecule has 0 atom stereocenters. The number of anilines is 2. The number of nitrogens with one attached hydrogen (secondary N) is 2. The van der Waals surface area contributed by atoms with Gasteiger partial charge in [-0.1, -0.05) is 6.07 Å². The lowest BCUT2D eigenvalue weighted by molar-refractivity contribution is -0.114. The lowest BCUT2D eigenvalue weighted by Gasteiger charge is -2.14. The summed E-state index contributed by atoms with van der Waals surface area (Å²) in [5.74, 6) is -0.313. The number of thiophene rings is 1. The quantitative estimate of drug-likeness (QED) is 0.703. The normalized spacial score (nSPS) is 10.6. The molecule has 0 unspecified atom stereocenters. The molecular weight excluding hydrogens is 346 g/mol. The van der Waals surface area contributed by atoms with Crippen LogP contribution < -0.4 is 10.6 Å². The Kier molecular flexibility index (Phi) is 4.95. The van der Waals surface area contributed by atoms with E-state index in [2.05, 4.69) is 15.2 Å². The van der Waals surface area contributed by atoms with Gasteiger partial charge in [0.15, 0.2) is 0 Å². The highest BCUT2D eigenvalue weighted by Crippen LogP contribution is 2.28. The maximum Gasteiger partial charge on any atom is 0.258 e. The van der Waals surface area contributed by atoms with Crippen LogP contribution in [0, 0.1) is 20.8 Å². The zero-order valence-electron chi connectivity index (χ0n) is 15.2. The van der Waals surface area contributed by atoms with Gasteiger partial charge < -0.3 is 15.2 Å². The molecule has 6 heteroatoms. The molecule has 0 aliphatic heterocycles. The third-order valence-electron chi connectivity index (χ3n) is 4.26. The first-order valence-corrected chi connectivity index (χ1v) is 9.18. The van der Waals surface area contributed by atoms with Gasteiger partial charge in [0.05, 0.1) is 5.56 Å². The molecule has 0 bridgehead atoms. The fourth-order valence-corrected chi connectivity index (χ4v) is 3.94. The van der Waals surface area contributed by atoms with E-state index in [1.807, 2.05) is 62.5 Å². The van der Waals surface area contributed by atoms with Crippen LogP contribution in [0.1, 0.15) is 34.2 Å². The number of benzene rings is 1. The van der Waals surface area contributed by atoms with Crippen molar-refractivity contribution < 1.29 is 9.59 Å². The van der Waals surface area contributed by atoms with Gasteiger partial charge in [-0.15, -0.1) is 11.3 Å². The van der Waals surface area contributed by atoms with Gasteiger partial charge in [0.2, 0.25) is 5.91 Å². The van der Waals surface area contributed by atoms with Crippen molar-refractivity contribution in [3.63, 3.8) is 0 Å². The fraction of sp³-hybridized carbons (Fsp3) is 0.200. The number of hydrogen-bond donors (Lipinski definition) is 2. The van der Waals surface area contributed by atoms with Crippen LogP contribution in [0.4, 0.5) is 11.4 Å². The molecular formula is C20H21N3O2S. The van der Waals surface area contributed by atoms with Gasteiger partial charge in [0, 0.05) is 29.7 Å². The second-order valence-electron chi connectivity index (χ2n) is 6.20. The van der Waals surface area contributed by atoms with Crippen molar-refractivity contribution in [1.29, 1.82) is 0 Å². The van der Waals surface area contributed by atoms with Gasteiger partial charge in [0.1, 0.15) is 5.00 Å². The lowest BCUT2D eigenvalue weighted by Crippen LogP contribution is -2.15. The van der Waals surface area contributed by atoms with Crippen LogP contribution in [0.3, 0.4) is 0 Å². The number of carbonyl (C=O) groups is 2. The van der Waals surface area contributed by atoms with Crippen LogP contribution in [0.2, 0.25) is 0 Å². The van der Waals surface area contributed by atoms with Crippen molar-refractivity contribution in [2.75, 3.05) is 10.6 Å². The average Bonchev–Trinajstić information content (AvgIpc) is 3.17. The molecule has 0 fully saturated rings. The molecule has 1 aromatic carbocycles. The monoisotopic (exact) mass is 367 g/mol. The molecule has 0 saturated carbocycles. The van der Waals surface area contributed by atoms with E-state index in [4.69, 9.17) is 0 Å². The summed E-state index contributed by atoms with van der Waals surface area (Å²) < 4.78 is 2.08. The molecule has 134 valence electrons. The molecule has 2 N–H and O–H groups in total. The average molecular weight is 367 g/mol. The third-order valence-corrected chi connectivity index (χ3v) is 5.15. The van der Waals surface area contributed by atoms with Crippen LogP contribution in [0.5, 0.6) is 0 Å². The van der Waals surface area contributed by atoms with Crippen molar-refractivity contribution >= 4 is 34.5 Å². The highest BCUT2D eigenvalue weighted by atomic mass is 32.1. The predicted octanol–water partition coefficient (Wildman–Crippen LogP) is 4.67. The second-order valence-corrected chi connectivity index (χ2v) is 7.10. The summed E-state index contributed by atoms with van der Waals surface area (Å²) in [5.41, 5.74) is 4.99. The summed E-state index contributed by atoms with van der Waals surface area (Å²) in [5, 5.41) is 8.57. The SMILES string of the molecule is CC(=O)Nc1cccc(NC(=O)c2ccsc2-n2c(C)ccc2C)c1C. The zero-order valence-corrected chi connectivity index (χ0v) is 16.0. The second kappa shape index (κ2) is 7.17. The van der Waals surface area contributed by atoms with E-state index in [0.29, 0.717) is 16.9 Å². The van der Waals surface area contributed by atoms with Gasteiger partial charge in [-0.2, -0.15) is 0 Å². The first-order valence-electron chi connectivity index (χ1n) is 8.30. The highest BCUT2D eigenvalue weighted by molar-refractivity contribution is 7.13. The van der Waals surface area contributed by atoms with Crippen molar-refractivity contribution in [3.05, 3.63) is 64.3 Å². The summed E-state index contributed by atoms with van der Waals surface area (Å²) >= 11 is 1.54. The van der Waals surface area contributed by atoms with Crippen LogP contribution in [0.15, 0.2) is 41.8 Å². The van der Waals surface area contributed by atoms with E-state index in [1.165, 1.54) is 18.3 Å². The number of nitrogens with zero attached hydrogens (tertiary/aromatic N) is 1. The molecule has 0 aliphatic carbocycles. The van der Waals surface area contributed by atoms with Crippen molar-refractivity contribution in [3.8, 4) is 5.00 Å². The Morgan fingerprint density at radius 1 is 0.923 bits per heavy atom. The van der Waals surface area contributed by atoms with Crippen molar-refractivity contribution in [2.45, 2.75) is 27.7 Å². The zero-order chi connectivity index (χ0) is 18.8. The Hall–Kier alpha value is -2.86. The number of hydrogen-bond acceptors (Lipinski definition) is 3. The maximum absolute atomic E-state index is 12.9. The Morgan fingerprint density at radius 3 is 2.15 bits per heavy atom. The minimum absolute atomic E-state index is 0.143. The lowest BCUT2D eigenvalue weighted by atomic mass is 10.1. The van der Waals surface area contributed by atoms with Crippen molar-refractivity contribution in [2.24, 2.45) is 0 Å². The number of carbonyl (C=O) groups excluding carboxylic acids is 2. The predicted molar refractivity (Wildman–Crippen MR) is 107 cm³/mol. The van der Waals surface area contributed by atoms with E-state index in [1.54, 1.807) is 0 Å². The van der Waals surface area contributed by atoms with E-state index < -0.39 is 0 Å². The fourth-order valence-electron chi connectivity index (χ4n) is 2.92. The van der Waals surface area contributed by atoms with Gasteiger partial charge in [-0.25, -0.2) is 0 Å². The first kappa shape index (κ1) is 17.9. The summed E-state index contributed by atoms with van der Waals surface area (Å²) in [6.45, 7) is 7.38. The Morgan fingerprint density at radius 2 is 1.54 bits per heavy atom.